The lowest BCUT2D eigenvalue weighted by Crippen LogP contribution is -2.57. The first-order valence-corrected chi connectivity index (χ1v) is 9.45. The highest BCUT2D eigenvalue weighted by Gasteiger charge is 2.44. The Kier molecular flexibility index (Phi) is 6.02. The summed E-state index contributed by atoms with van der Waals surface area (Å²) in [4.78, 5) is 21.0. The van der Waals surface area contributed by atoms with E-state index in [-0.39, 0.29) is 46.8 Å². The number of halogens is 1. The van der Waals surface area contributed by atoms with Gasteiger partial charge in [0, 0.05) is 19.2 Å². The Hall–Kier alpha value is -2.11. The topological polar surface area (TPSA) is 109 Å². The molecule has 1 aliphatic heterocycles. The van der Waals surface area contributed by atoms with Gasteiger partial charge in [-0.3, -0.25) is 4.79 Å². The normalized spacial score (nSPS) is 31.2. The summed E-state index contributed by atoms with van der Waals surface area (Å²) >= 11 is 6.44. The smallest absolute Gasteiger partial charge is 0.236 e. The molecule has 0 bridgehead atoms. The van der Waals surface area contributed by atoms with Crippen molar-refractivity contribution < 1.29 is 14.3 Å². The van der Waals surface area contributed by atoms with Crippen LogP contribution in [0.2, 0.25) is 0 Å². The molecule has 0 radical (unpaired) electrons. The van der Waals surface area contributed by atoms with Gasteiger partial charge in [-0.15, -0.1) is 11.6 Å². The number of carbonyl (C=O) groups excluding carboxylic acids is 1. The molecule has 8 nitrogen and oxygen atoms in total. The lowest BCUT2D eigenvalue weighted by molar-refractivity contribution is -0.131. The predicted molar refractivity (Wildman–Crippen MR) is 99.6 cm³/mol. The van der Waals surface area contributed by atoms with Crippen LogP contribution in [-0.4, -0.2) is 53.7 Å². The van der Waals surface area contributed by atoms with Gasteiger partial charge in [-0.2, -0.15) is 10.2 Å². The number of rotatable bonds is 5. The Morgan fingerprint density at radius 1 is 1.41 bits per heavy atom. The molecule has 1 aromatic heterocycles. The summed E-state index contributed by atoms with van der Waals surface area (Å²) in [7, 11) is 3.11. The van der Waals surface area contributed by atoms with Crippen LogP contribution in [0.1, 0.15) is 31.7 Å². The van der Waals surface area contributed by atoms with E-state index in [0.29, 0.717) is 11.9 Å². The van der Waals surface area contributed by atoms with Gasteiger partial charge in [0.25, 0.3) is 0 Å². The number of ether oxygens (including phenoxy) is 2. The molecule has 0 spiro atoms. The van der Waals surface area contributed by atoms with Crippen LogP contribution < -0.4 is 15.4 Å². The van der Waals surface area contributed by atoms with Crippen LogP contribution in [0.4, 0.5) is 5.95 Å². The molecule has 1 saturated heterocycles. The quantitative estimate of drug-likeness (QED) is 0.732. The van der Waals surface area contributed by atoms with E-state index >= 15 is 0 Å². The average molecular weight is 394 g/mol. The first kappa shape index (κ1) is 19.6. The van der Waals surface area contributed by atoms with E-state index < -0.39 is 0 Å². The van der Waals surface area contributed by atoms with Crippen molar-refractivity contribution >= 4 is 23.5 Å². The van der Waals surface area contributed by atoms with Crippen molar-refractivity contribution in [2.75, 3.05) is 19.5 Å². The highest BCUT2D eigenvalue weighted by Crippen LogP contribution is 2.38. The summed E-state index contributed by atoms with van der Waals surface area (Å²) in [6, 6.07) is 1.90. The molecule has 2 fully saturated rings. The second-order valence-corrected chi connectivity index (χ2v) is 7.70. The van der Waals surface area contributed by atoms with Crippen molar-refractivity contribution in [3.63, 3.8) is 0 Å². The minimum atomic E-state index is -0.223. The number of nitriles is 1. The fourth-order valence-electron chi connectivity index (χ4n) is 4.00. The molecule has 27 heavy (non-hydrogen) atoms. The standard InChI is InChI=1S/C18H24ClN5O3/c1-9(22-18-21-8-11(7-20)17(24-18)27-3)12-4-10-5-13(19)15(26-2)6-14(10)23-16(12)25/h8-10,12-15H,4-6H2,1-3H3,(H,23,25)(H,21,22,24)/t9-,10?,12?,13?,14?,15?/m0/s1. The Bertz CT molecular complexity index is 740. The molecule has 1 aliphatic carbocycles. The molecule has 5 unspecified atom stereocenters. The summed E-state index contributed by atoms with van der Waals surface area (Å²) in [5, 5.41) is 15.3. The van der Waals surface area contributed by atoms with E-state index in [1.165, 1.54) is 13.3 Å². The number of amides is 1. The molecule has 1 aromatic rings. The number of alkyl halides is 1. The first-order valence-electron chi connectivity index (χ1n) is 9.01. The highest BCUT2D eigenvalue weighted by molar-refractivity contribution is 6.21. The number of methoxy groups -OCH3 is 2. The van der Waals surface area contributed by atoms with E-state index in [4.69, 9.17) is 26.3 Å². The third-order valence-corrected chi connectivity index (χ3v) is 6.00. The van der Waals surface area contributed by atoms with Crippen LogP contribution in [0.5, 0.6) is 5.88 Å². The molecule has 2 heterocycles. The zero-order chi connectivity index (χ0) is 19.6. The van der Waals surface area contributed by atoms with E-state index in [1.54, 1.807) is 7.11 Å². The summed E-state index contributed by atoms with van der Waals surface area (Å²) in [5.41, 5.74) is 0.261. The fourth-order valence-corrected chi connectivity index (χ4v) is 4.44. The highest BCUT2D eigenvalue weighted by atomic mass is 35.5. The Labute approximate surface area is 163 Å². The minimum Gasteiger partial charge on any atom is -0.480 e. The zero-order valence-electron chi connectivity index (χ0n) is 15.6. The average Bonchev–Trinajstić information content (AvgIpc) is 2.67. The van der Waals surface area contributed by atoms with Gasteiger partial charge in [-0.05, 0) is 32.1 Å². The minimum absolute atomic E-state index is 0.0136. The maximum atomic E-state index is 12.6. The van der Waals surface area contributed by atoms with Crippen molar-refractivity contribution in [1.82, 2.24) is 15.3 Å². The number of nitrogens with zero attached hydrogens (tertiary/aromatic N) is 3. The summed E-state index contributed by atoms with van der Waals surface area (Å²) < 4.78 is 10.5. The Morgan fingerprint density at radius 3 is 2.85 bits per heavy atom. The van der Waals surface area contributed by atoms with Gasteiger partial charge >= 0.3 is 0 Å². The first-order chi connectivity index (χ1) is 13.0. The summed E-state index contributed by atoms with van der Waals surface area (Å²) in [5.74, 6) is 0.645. The van der Waals surface area contributed by atoms with Crippen molar-refractivity contribution in [2.45, 2.75) is 49.8 Å². The molecule has 9 heteroatoms. The van der Waals surface area contributed by atoms with Gasteiger partial charge in [0.05, 0.1) is 30.7 Å². The van der Waals surface area contributed by atoms with Crippen LogP contribution in [0.3, 0.4) is 0 Å². The monoisotopic (exact) mass is 393 g/mol. The van der Waals surface area contributed by atoms with Gasteiger partial charge in [0.15, 0.2) is 0 Å². The lowest BCUT2D eigenvalue weighted by Gasteiger charge is -2.44. The van der Waals surface area contributed by atoms with Gasteiger partial charge in [0.2, 0.25) is 17.7 Å². The van der Waals surface area contributed by atoms with Crippen molar-refractivity contribution in [3.05, 3.63) is 11.8 Å². The van der Waals surface area contributed by atoms with E-state index in [1.807, 2.05) is 13.0 Å². The maximum Gasteiger partial charge on any atom is 0.236 e. The van der Waals surface area contributed by atoms with Gasteiger partial charge in [0.1, 0.15) is 11.6 Å². The maximum absolute atomic E-state index is 12.6. The molecule has 1 saturated carbocycles. The van der Waals surface area contributed by atoms with Crippen LogP contribution in [-0.2, 0) is 9.53 Å². The number of fused-ring (bicyclic) bond motifs is 1. The molecule has 146 valence electrons. The van der Waals surface area contributed by atoms with Crippen LogP contribution in [0.25, 0.3) is 0 Å². The van der Waals surface area contributed by atoms with Gasteiger partial charge in [-0.25, -0.2) is 4.98 Å². The molecule has 3 rings (SSSR count). The molecule has 2 N–H and O–H groups in total. The number of nitrogens with one attached hydrogen (secondary N) is 2. The predicted octanol–water partition coefficient (Wildman–Crippen LogP) is 1.69. The van der Waals surface area contributed by atoms with Crippen molar-refractivity contribution in [2.24, 2.45) is 11.8 Å². The van der Waals surface area contributed by atoms with Crippen LogP contribution in [0.15, 0.2) is 6.20 Å². The van der Waals surface area contributed by atoms with E-state index in [9.17, 15) is 4.79 Å². The number of carbonyl (C=O) groups is 1. The second-order valence-electron chi connectivity index (χ2n) is 7.14. The third-order valence-electron chi connectivity index (χ3n) is 5.54. The molecule has 1 amide bonds. The number of aromatic nitrogens is 2. The van der Waals surface area contributed by atoms with E-state index in [2.05, 4.69) is 20.6 Å². The second kappa shape index (κ2) is 8.28. The summed E-state index contributed by atoms with van der Waals surface area (Å²) in [6.07, 6.45) is 3.68. The van der Waals surface area contributed by atoms with Crippen molar-refractivity contribution in [3.8, 4) is 11.9 Å². The zero-order valence-corrected chi connectivity index (χ0v) is 16.4. The number of hydrogen-bond donors (Lipinski definition) is 2. The van der Waals surface area contributed by atoms with Crippen LogP contribution >= 0.6 is 11.6 Å². The Morgan fingerprint density at radius 2 is 2.19 bits per heavy atom. The molecule has 0 aromatic carbocycles. The lowest BCUT2D eigenvalue weighted by atomic mass is 9.73. The fraction of sp³-hybridized carbons (Fsp3) is 0.667. The molecule has 6 atom stereocenters. The number of hydrogen-bond acceptors (Lipinski definition) is 7. The number of anilines is 1. The largest absolute Gasteiger partial charge is 0.480 e. The molecular weight excluding hydrogens is 370 g/mol. The van der Waals surface area contributed by atoms with Crippen molar-refractivity contribution in [1.29, 1.82) is 5.26 Å². The molecule has 2 aliphatic rings. The number of piperidine rings is 1. The van der Waals surface area contributed by atoms with E-state index in [0.717, 1.165) is 19.3 Å². The Balaban J connectivity index is 1.68. The van der Waals surface area contributed by atoms with Crippen LogP contribution in [0, 0.1) is 23.2 Å². The third kappa shape index (κ3) is 4.09. The summed E-state index contributed by atoms with van der Waals surface area (Å²) in [6.45, 7) is 1.93. The van der Waals surface area contributed by atoms with Gasteiger partial charge in [-0.1, -0.05) is 0 Å². The molecular formula is C18H24ClN5O3. The SMILES string of the molecule is COc1nc(N[C@@H](C)C2CC3CC(Cl)C(OC)CC3NC2=O)ncc1C#N. The van der Waals surface area contributed by atoms with Gasteiger partial charge < -0.3 is 20.1 Å².